The van der Waals surface area contributed by atoms with Gasteiger partial charge in [0.05, 0.1) is 12.4 Å². The van der Waals surface area contributed by atoms with Gasteiger partial charge in [0.25, 0.3) is 0 Å². The summed E-state index contributed by atoms with van der Waals surface area (Å²) in [5.74, 6) is 0.0215. The van der Waals surface area contributed by atoms with E-state index in [0.717, 1.165) is 26.3 Å². The van der Waals surface area contributed by atoms with E-state index in [2.05, 4.69) is 15.5 Å². The standard InChI is InChI=1S/C14H17N3O2S2/c1-4-19-11(18)8-20-14-17-16-13(21-14)15-12-9(2)6-5-7-10(12)3/h5-7H,4,8H2,1-3H3,(H,15,16). The minimum absolute atomic E-state index is 0.234. The molecular formula is C14H17N3O2S2. The molecule has 0 fully saturated rings. The molecule has 112 valence electrons. The van der Waals surface area contributed by atoms with E-state index in [1.54, 1.807) is 6.92 Å². The third-order valence-electron chi connectivity index (χ3n) is 2.74. The first-order chi connectivity index (χ1) is 10.1. The van der Waals surface area contributed by atoms with Crippen molar-refractivity contribution in [3.8, 4) is 0 Å². The number of ether oxygens (including phenoxy) is 1. The number of hydrogen-bond donors (Lipinski definition) is 1. The topological polar surface area (TPSA) is 64.1 Å². The largest absolute Gasteiger partial charge is 0.465 e. The minimum Gasteiger partial charge on any atom is -0.465 e. The van der Waals surface area contributed by atoms with Crippen LogP contribution < -0.4 is 5.32 Å². The van der Waals surface area contributed by atoms with Gasteiger partial charge in [-0.1, -0.05) is 41.3 Å². The monoisotopic (exact) mass is 323 g/mol. The summed E-state index contributed by atoms with van der Waals surface area (Å²) in [5, 5.41) is 12.2. The summed E-state index contributed by atoms with van der Waals surface area (Å²) in [6.45, 7) is 6.29. The number of aryl methyl sites for hydroxylation is 2. The molecule has 21 heavy (non-hydrogen) atoms. The maximum Gasteiger partial charge on any atom is 0.316 e. The molecule has 0 atom stereocenters. The second-order valence-electron chi connectivity index (χ2n) is 4.36. The van der Waals surface area contributed by atoms with Crippen LogP contribution in [0.2, 0.25) is 0 Å². The molecule has 0 saturated heterocycles. The van der Waals surface area contributed by atoms with Gasteiger partial charge in [0.1, 0.15) is 0 Å². The minimum atomic E-state index is -0.234. The van der Waals surface area contributed by atoms with Crippen molar-refractivity contribution in [3.63, 3.8) is 0 Å². The molecule has 0 aliphatic rings. The van der Waals surface area contributed by atoms with Crippen LogP contribution in [0.25, 0.3) is 0 Å². The number of rotatable bonds is 6. The number of aromatic nitrogens is 2. The summed E-state index contributed by atoms with van der Waals surface area (Å²) in [4.78, 5) is 11.3. The van der Waals surface area contributed by atoms with Crippen LogP contribution in [-0.4, -0.2) is 28.5 Å². The van der Waals surface area contributed by atoms with Crippen molar-refractivity contribution in [2.24, 2.45) is 0 Å². The Morgan fingerprint density at radius 2 is 2.05 bits per heavy atom. The van der Waals surface area contributed by atoms with Crippen molar-refractivity contribution in [2.75, 3.05) is 17.7 Å². The van der Waals surface area contributed by atoms with E-state index in [1.165, 1.54) is 23.1 Å². The first-order valence-corrected chi connectivity index (χ1v) is 8.35. The van der Waals surface area contributed by atoms with Crippen molar-refractivity contribution in [2.45, 2.75) is 25.1 Å². The molecule has 0 bridgehead atoms. The van der Waals surface area contributed by atoms with Gasteiger partial charge in [0.15, 0.2) is 4.34 Å². The molecule has 1 aromatic heterocycles. The Morgan fingerprint density at radius 1 is 1.33 bits per heavy atom. The number of thioether (sulfide) groups is 1. The SMILES string of the molecule is CCOC(=O)CSc1nnc(Nc2c(C)cccc2C)s1. The third-order valence-corrected chi connectivity index (χ3v) is 4.68. The van der Waals surface area contributed by atoms with E-state index in [1.807, 2.05) is 32.0 Å². The molecule has 0 aliphatic carbocycles. The van der Waals surface area contributed by atoms with Crippen molar-refractivity contribution in [1.82, 2.24) is 10.2 Å². The van der Waals surface area contributed by atoms with Crippen LogP contribution in [0.1, 0.15) is 18.1 Å². The van der Waals surface area contributed by atoms with Gasteiger partial charge in [0, 0.05) is 5.69 Å². The quantitative estimate of drug-likeness (QED) is 0.648. The van der Waals surface area contributed by atoms with Crippen molar-refractivity contribution < 1.29 is 9.53 Å². The smallest absolute Gasteiger partial charge is 0.316 e. The molecule has 0 radical (unpaired) electrons. The Bertz CT molecular complexity index is 608. The fourth-order valence-electron chi connectivity index (χ4n) is 1.76. The highest BCUT2D eigenvalue weighted by Crippen LogP contribution is 2.30. The number of benzene rings is 1. The number of anilines is 2. The molecule has 2 aromatic rings. The van der Waals surface area contributed by atoms with Gasteiger partial charge in [0.2, 0.25) is 5.13 Å². The summed E-state index contributed by atoms with van der Waals surface area (Å²) >= 11 is 2.77. The van der Waals surface area contributed by atoms with Gasteiger partial charge in [-0.15, -0.1) is 10.2 Å². The predicted molar refractivity (Wildman–Crippen MR) is 86.5 cm³/mol. The number of hydrogen-bond acceptors (Lipinski definition) is 7. The summed E-state index contributed by atoms with van der Waals surface area (Å²) in [6.07, 6.45) is 0. The molecule has 7 heteroatoms. The van der Waals surface area contributed by atoms with Gasteiger partial charge in [-0.05, 0) is 31.9 Å². The first kappa shape index (κ1) is 15.8. The van der Waals surface area contributed by atoms with E-state index >= 15 is 0 Å². The van der Waals surface area contributed by atoms with E-state index in [4.69, 9.17) is 4.74 Å². The van der Waals surface area contributed by atoms with E-state index in [0.29, 0.717) is 6.61 Å². The molecule has 2 rings (SSSR count). The van der Waals surface area contributed by atoms with Crippen LogP contribution in [0.5, 0.6) is 0 Å². The Morgan fingerprint density at radius 3 is 2.71 bits per heavy atom. The van der Waals surface area contributed by atoms with Crippen molar-refractivity contribution in [1.29, 1.82) is 0 Å². The average molecular weight is 323 g/mol. The van der Waals surface area contributed by atoms with Crippen LogP contribution in [0.15, 0.2) is 22.5 Å². The Balaban J connectivity index is 1.99. The lowest BCUT2D eigenvalue weighted by Gasteiger charge is -2.09. The van der Waals surface area contributed by atoms with Crippen LogP contribution in [-0.2, 0) is 9.53 Å². The molecule has 0 unspecified atom stereocenters. The molecule has 0 saturated carbocycles. The van der Waals surface area contributed by atoms with Gasteiger partial charge in [-0.3, -0.25) is 4.79 Å². The lowest BCUT2D eigenvalue weighted by Crippen LogP contribution is -2.06. The molecule has 1 aromatic carbocycles. The Hall–Kier alpha value is -1.60. The average Bonchev–Trinajstić information content (AvgIpc) is 2.89. The molecule has 5 nitrogen and oxygen atoms in total. The summed E-state index contributed by atoms with van der Waals surface area (Å²) in [7, 11) is 0. The van der Waals surface area contributed by atoms with Gasteiger partial charge >= 0.3 is 5.97 Å². The van der Waals surface area contributed by atoms with E-state index in [-0.39, 0.29) is 11.7 Å². The predicted octanol–water partition coefficient (Wildman–Crippen LogP) is 3.55. The Labute approximate surface area is 132 Å². The number of nitrogens with zero attached hydrogens (tertiary/aromatic N) is 2. The molecule has 0 spiro atoms. The lowest BCUT2D eigenvalue weighted by atomic mass is 10.1. The highest BCUT2D eigenvalue weighted by Gasteiger charge is 2.10. The second kappa shape index (κ2) is 7.42. The summed E-state index contributed by atoms with van der Waals surface area (Å²) in [5.41, 5.74) is 3.37. The van der Waals surface area contributed by atoms with Crippen molar-refractivity contribution >= 4 is 39.9 Å². The Kier molecular flexibility index (Phi) is 5.58. The molecular weight excluding hydrogens is 306 g/mol. The van der Waals surface area contributed by atoms with E-state index < -0.39 is 0 Å². The maximum atomic E-state index is 11.3. The van der Waals surface area contributed by atoms with E-state index in [9.17, 15) is 4.79 Å². The molecule has 1 N–H and O–H groups in total. The third kappa shape index (κ3) is 4.44. The highest BCUT2D eigenvalue weighted by atomic mass is 32.2. The number of carbonyl (C=O) groups is 1. The first-order valence-electron chi connectivity index (χ1n) is 6.55. The van der Waals surface area contributed by atoms with Crippen LogP contribution >= 0.6 is 23.1 Å². The van der Waals surface area contributed by atoms with Gasteiger partial charge in [-0.2, -0.15) is 0 Å². The number of carbonyl (C=O) groups excluding carboxylic acids is 1. The molecule has 0 amide bonds. The van der Waals surface area contributed by atoms with Crippen LogP contribution in [0.4, 0.5) is 10.8 Å². The maximum absolute atomic E-state index is 11.3. The zero-order valence-electron chi connectivity index (χ0n) is 12.2. The normalized spacial score (nSPS) is 10.4. The summed E-state index contributed by atoms with van der Waals surface area (Å²) in [6, 6.07) is 6.12. The van der Waals surface area contributed by atoms with Crippen LogP contribution in [0.3, 0.4) is 0 Å². The molecule has 1 heterocycles. The fourth-order valence-corrected chi connectivity index (χ4v) is 3.31. The molecule has 0 aliphatic heterocycles. The number of esters is 1. The second-order valence-corrected chi connectivity index (χ2v) is 6.56. The number of para-hydroxylation sites is 1. The van der Waals surface area contributed by atoms with Crippen molar-refractivity contribution in [3.05, 3.63) is 29.3 Å². The fraction of sp³-hybridized carbons (Fsp3) is 0.357. The zero-order valence-corrected chi connectivity index (χ0v) is 13.8. The van der Waals surface area contributed by atoms with Gasteiger partial charge < -0.3 is 10.1 Å². The lowest BCUT2D eigenvalue weighted by molar-refractivity contribution is -0.139. The van der Waals surface area contributed by atoms with Gasteiger partial charge in [-0.25, -0.2) is 0 Å². The summed E-state index contributed by atoms with van der Waals surface area (Å²) < 4.78 is 5.63. The van der Waals surface area contributed by atoms with Crippen LogP contribution in [0, 0.1) is 13.8 Å². The zero-order chi connectivity index (χ0) is 15.2. The number of nitrogens with one attached hydrogen (secondary N) is 1. The highest BCUT2D eigenvalue weighted by molar-refractivity contribution is 8.01.